The standard InChI is InChI=1S/C32H48N2O4S/c1-3-4-5-6-7-8-9-10-11-12-13-14-15-16-17-18-31(35)28-21-23-29(24-22-28)33-32(36)34-39(37,38)30-25-19-27(2)20-26-30/h19-26H,3-18H2,1-2H3,(H2,33,34,36). The van der Waals surface area contributed by atoms with Gasteiger partial charge in [-0.15, -0.1) is 0 Å². The van der Waals surface area contributed by atoms with Gasteiger partial charge in [-0.3, -0.25) is 4.79 Å². The van der Waals surface area contributed by atoms with E-state index in [0.717, 1.165) is 18.4 Å². The summed E-state index contributed by atoms with van der Waals surface area (Å²) in [5, 5.41) is 2.50. The number of hydrogen-bond donors (Lipinski definition) is 2. The fraction of sp³-hybridized carbons (Fsp3) is 0.562. The van der Waals surface area contributed by atoms with Crippen molar-refractivity contribution in [1.82, 2.24) is 4.72 Å². The van der Waals surface area contributed by atoms with Crippen molar-refractivity contribution in [3.05, 3.63) is 59.7 Å². The first kappa shape index (κ1) is 32.5. The molecule has 0 aliphatic heterocycles. The second kappa shape index (κ2) is 18.6. The van der Waals surface area contributed by atoms with E-state index >= 15 is 0 Å². The maximum absolute atomic E-state index is 12.5. The van der Waals surface area contributed by atoms with Crippen LogP contribution in [-0.4, -0.2) is 20.2 Å². The van der Waals surface area contributed by atoms with Gasteiger partial charge in [0.2, 0.25) is 0 Å². The summed E-state index contributed by atoms with van der Waals surface area (Å²) in [4.78, 5) is 24.7. The van der Waals surface area contributed by atoms with Crippen LogP contribution in [0.2, 0.25) is 0 Å². The van der Waals surface area contributed by atoms with Gasteiger partial charge in [-0.1, -0.05) is 115 Å². The van der Waals surface area contributed by atoms with Gasteiger partial charge in [0.25, 0.3) is 10.0 Å². The fourth-order valence-corrected chi connectivity index (χ4v) is 5.50. The Hall–Kier alpha value is -2.67. The minimum Gasteiger partial charge on any atom is -0.307 e. The van der Waals surface area contributed by atoms with E-state index in [4.69, 9.17) is 0 Å². The lowest BCUT2D eigenvalue weighted by Gasteiger charge is -2.09. The summed E-state index contributed by atoms with van der Waals surface area (Å²) < 4.78 is 26.7. The molecule has 0 saturated heterocycles. The highest BCUT2D eigenvalue weighted by atomic mass is 32.2. The summed E-state index contributed by atoms with van der Waals surface area (Å²) in [6.07, 6.45) is 19.9. The van der Waals surface area contributed by atoms with Crippen LogP contribution in [0.4, 0.5) is 10.5 Å². The maximum atomic E-state index is 12.5. The number of sulfonamides is 1. The molecule has 0 radical (unpaired) electrons. The number of unbranched alkanes of at least 4 members (excludes halogenated alkanes) is 14. The van der Waals surface area contributed by atoms with Crippen molar-refractivity contribution >= 4 is 27.5 Å². The van der Waals surface area contributed by atoms with Crippen molar-refractivity contribution in [2.75, 3.05) is 5.32 Å². The Morgan fingerprint density at radius 2 is 1.10 bits per heavy atom. The molecule has 2 N–H and O–H groups in total. The van der Waals surface area contributed by atoms with Gasteiger partial charge in [0.05, 0.1) is 4.90 Å². The first-order chi connectivity index (χ1) is 18.8. The van der Waals surface area contributed by atoms with Gasteiger partial charge in [-0.25, -0.2) is 17.9 Å². The van der Waals surface area contributed by atoms with Gasteiger partial charge in [-0.05, 0) is 49.7 Å². The normalized spacial score (nSPS) is 11.3. The molecular formula is C32H48N2O4S. The minimum atomic E-state index is -3.96. The second-order valence-electron chi connectivity index (χ2n) is 10.6. The molecule has 0 aromatic heterocycles. The average Bonchev–Trinajstić information content (AvgIpc) is 2.91. The molecule has 2 aromatic carbocycles. The Bertz CT molecular complexity index is 1080. The van der Waals surface area contributed by atoms with Crippen molar-refractivity contribution in [3.63, 3.8) is 0 Å². The number of carbonyl (C=O) groups excluding carboxylic acids is 2. The number of ketones is 1. The first-order valence-corrected chi connectivity index (χ1v) is 16.3. The van der Waals surface area contributed by atoms with Crippen molar-refractivity contribution in [3.8, 4) is 0 Å². The molecule has 0 bridgehead atoms. The van der Waals surface area contributed by atoms with E-state index in [1.54, 1.807) is 36.4 Å². The first-order valence-electron chi connectivity index (χ1n) is 14.9. The topological polar surface area (TPSA) is 92.3 Å². The van der Waals surface area contributed by atoms with Crippen molar-refractivity contribution in [2.45, 2.75) is 121 Å². The lowest BCUT2D eigenvalue weighted by molar-refractivity contribution is 0.0979. The van der Waals surface area contributed by atoms with E-state index in [0.29, 0.717) is 17.7 Å². The summed E-state index contributed by atoms with van der Waals surface area (Å²) in [5.74, 6) is 0.0858. The van der Waals surface area contributed by atoms with Crippen molar-refractivity contribution < 1.29 is 18.0 Å². The Balaban J connectivity index is 1.54. The highest BCUT2D eigenvalue weighted by molar-refractivity contribution is 7.90. The summed E-state index contributed by atoms with van der Waals surface area (Å²) in [6, 6.07) is 11.9. The molecule has 0 aliphatic rings. The molecule has 0 saturated carbocycles. The molecular weight excluding hydrogens is 508 g/mol. The van der Waals surface area contributed by atoms with Crippen LogP contribution < -0.4 is 10.0 Å². The molecule has 39 heavy (non-hydrogen) atoms. The Kier molecular flexibility index (Phi) is 15.5. The molecule has 0 heterocycles. The molecule has 0 aliphatic carbocycles. The van der Waals surface area contributed by atoms with Crippen LogP contribution in [0.1, 0.15) is 126 Å². The molecule has 0 unspecified atom stereocenters. The second-order valence-corrected chi connectivity index (χ2v) is 12.3. The minimum absolute atomic E-state index is 0.0167. The molecule has 6 nitrogen and oxygen atoms in total. The molecule has 2 aromatic rings. The summed E-state index contributed by atoms with van der Waals surface area (Å²) >= 11 is 0. The zero-order chi connectivity index (χ0) is 28.3. The number of benzene rings is 2. The number of amides is 2. The van der Waals surface area contributed by atoms with Gasteiger partial charge in [0, 0.05) is 17.7 Å². The number of hydrogen-bond acceptors (Lipinski definition) is 4. The largest absolute Gasteiger partial charge is 0.333 e. The number of carbonyl (C=O) groups is 2. The highest BCUT2D eigenvalue weighted by Crippen LogP contribution is 2.16. The van der Waals surface area contributed by atoms with Gasteiger partial charge in [0.15, 0.2) is 5.78 Å². The Morgan fingerprint density at radius 1 is 0.641 bits per heavy atom. The lowest BCUT2D eigenvalue weighted by Crippen LogP contribution is -2.34. The van der Waals surface area contributed by atoms with E-state index < -0.39 is 16.1 Å². The van der Waals surface area contributed by atoms with Crippen LogP contribution in [0, 0.1) is 6.92 Å². The van der Waals surface area contributed by atoms with E-state index in [1.165, 1.54) is 95.6 Å². The van der Waals surface area contributed by atoms with E-state index in [-0.39, 0.29) is 10.7 Å². The third kappa shape index (κ3) is 13.8. The summed E-state index contributed by atoms with van der Waals surface area (Å²) in [7, 11) is -3.96. The van der Waals surface area contributed by atoms with Crippen LogP contribution in [0.5, 0.6) is 0 Å². The molecule has 2 amide bonds. The molecule has 216 valence electrons. The maximum Gasteiger partial charge on any atom is 0.333 e. The Morgan fingerprint density at radius 3 is 1.59 bits per heavy atom. The van der Waals surface area contributed by atoms with Crippen molar-refractivity contribution in [2.24, 2.45) is 0 Å². The average molecular weight is 557 g/mol. The van der Waals surface area contributed by atoms with E-state index in [1.807, 2.05) is 11.6 Å². The molecule has 0 spiro atoms. The molecule has 2 rings (SSSR count). The molecule has 0 fully saturated rings. The van der Waals surface area contributed by atoms with Crippen LogP contribution in [0.15, 0.2) is 53.4 Å². The number of Topliss-reactive ketones (excluding diaryl/α,β-unsaturated/α-hetero) is 1. The van der Waals surface area contributed by atoms with Gasteiger partial charge in [-0.2, -0.15) is 0 Å². The van der Waals surface area contributed by atoms with Crippen LogP contribution in [-0.2, 0) is 10.0 Å². The smallest absolute Gasteiger partial charge is 0.307 e. The van der Waals surface area contributed by atoms with Crippen LogP contribution in [0.25, 0.3) is 0 Å². The predicted octanol–water partition coefficient (Wildman–Crippen LogP) is 8.95. The predicted molar refractivity (Wildman–Crippen MR) is 161 cm³/mol. The number of anilines is 1. The Labute approximate surface area is 236 Å². The van der Waals surface area contributed by atoms with E-state index in [2.05, 4.69) is 12.2 Å². The number of nitrogens with one attached hydrogen (secondary N) is 2. The zero-order valence-electron chi connectivity index (χ0n) is 24.0. The number of aryl methyl sites for hydroxylation is 1. The molecule has 7 heteroatoms. The lowest BCUT2D eigenvalue weighted by atomic mass is 10.0. The summed E-state index contributed by atoms with van der Waals surface area (Å²) in [6.45, 7) is 4.11. The summed E-state index contributed by atoms with van der Waals surface area (Å²) in [5.41, 5.74) is 1.93. The van der Waals surface area contributed by atoms with Crippen LogP contribution in [0.3, 0.4) is 0 Å². The zero-order valence-corrected chi connectivity index (χ0v) is 24.8. The van der Waals surface area contributed by atoms with Gasteiger partial charge >= 0.3 is 6.03 Å². The fourth-order valence-electron chi connectivity index (χ4n) is 4.60. The quantitative estimate of drug-likeness (QED) is 0.126. The van der Waals surface area contributed by atoms with E-state index in [9.17, 15) is 18.0 Å². The van der Waals surface area contributed by atoms with Gasteiger partial charge < -0.3 is 5.32 Å². The SMILES string of the molecule is CCCCCCCCCCCCCCCCCC(=O)c1ccc(NC(=O)NS(=O)(=O)c2ccc(C)cc2)cc1. The number of urea groups is 1. The van der Waals surface area contributed by atoms with Crippen molar-refractivity contribution in [1.29, 1.82) is 0 Å². The number of rotatable bonds is 20. The monoisotopic (exact) mass is 556 g/mol. The van der Waals surface area contributed by atoms with Crippen LogP contribution >= 0.6 is 0 Å². The molecule has 0 atom stereocenters. The third-order valence-electron chi connectivity index (χ3n) is 7.03. The highest BCUT2D eigenvalue weighted by Gasteiger charge is 2.17. The van der Waals surface area contributed by atoms with Gasteiger partial charge in [0.1, 0.15) is 0 Å². The third-order valence-corrected chi connectivity index (χ3v) is 8.38.